The first-order chi connectivity index (χ1) is 13.6. The van der Waals surface area contributed by atoms with Crippen molar-refractivity contribution in [3.05, 3.63) is 58.5 Å². The van der Waals surface area contributed by atoms with Crippen LogP contribution in [0.5, 0.6) is 5.75 Å². The largest absolute Gasteiger partial charge is 0.497 e. The fourth-order valence-corrected chi connectivity index (χ4v) is 3.48. The van der Waals surface area contributed by atoms with E-state index in [0.717, 1.165) is 22.6 Å². The third kappa shape index (κ3) is 3.18. The first-order valence-corrected chi connectivity index (χ1v) is 9.29. The van der Waals surface area contributed by atoms with Gasteiger partial charge in [0.05, 0.1) is 25.6 Å². The molecule has 0 N–H and O–H groups in total. The molecule has 3 aromatic rings. The number of carbonyl (C=O) groups excluding carboxylic acids is 1. The van der Waals surface area contributed by atoms with Gasteiger partial charge in [0, 0.05) is 18.7 Å². The molecule has 0 fully saturated rings. The molecule has 2 aromatic heterocycles. The smallest absolute Gasteiger partial charge is 0.358 e. The lowest BCUT2D eigenvalue weighted by molar-refractivity contribution is 0.0516. The third-order valence-electron chi connectivity index (χ3n) is 4.56. The molecule has 0 atom stereocenters. The molecule has 0 aliphatic carbocycles. The number of imidazole rings is 1. The molecule has 0 spiro atoms. The number of fused-ring (bicyclic) bond motifs is 3. The number of benzene rings is 1. The molecule has 144 valence electrons. The molecule has 7 nitrogen and oxygen atoms in total. The van der Waals surface area contributed by atoms with E-state index in [4.69, 9.17) is 21.1 Å². The highest BCUT2D eigenvalue weighted by atomic mass is 35.5. The number of esters is 1. The van der Waals surface area contributed by atoms with Crippen molar-refractivity contribution in [1.82, 2.24) is 14.6 Å². The van der Waals surface area contributed by atoms with Gasteiger partial charge in [0.1, 0.15) is 5.75 Å². The predicted molar refractivity (Wildman–Crippen MR) is 107 cm³/mol. The lowest BCUT2D eigenvalue weighted by Crippen LogP contribution is -2.27. The lowest BCUT2D eigenvalue weighted by atomic mass is 10.1. The molecular formula is C20H19ClN4O3. The minimum absolute atomic E-state index is 0.250. The van der Waals surface area contributed by atoms with Gasteiger partial charge >= 0.3 is 5.97 Å². The third-order valence-corrected chi connectivity index (χ3v) is 4.84. The Morgan fingerprint density at radius 1 is 1.29 bits per heavy atom. The number of hydrogen-bond donors (Lipinski definition) is 0. The standard InChI is InChI=1S/C20H19ClN4O3/c1-3-28-20(26)16-11-22-19-17-15(18(21)23-25(16)19)5-4-10-24(17)12-13-6-8-14(27-2)9-7-13/h4-9,11H,3,10,12H2,1-2H3. The quantitative estimate of drug-likeness (QED) is 0.611. The maximum Gasteiger partial charge on any atom is 0.358 e. The van der Waals surface area contributed by atoms with Gasteiger partial charge in [-0.3, -0.25) is 0 Å². The van der Waals surface area contributed by atoms with Crippen molar-refractivity contribution in [2.75, 3.05) is 25.2 Å². The summed E-state index contributed by atoms with van der Waals surface area (Å²) in [6.07, 6.45) is 5.44. The molecule has 1 aliphatic heterocycles. The maximum atomic E-state index is 12.2. The summed E-state index contributed by atoms with van der Waals surface area (Å²) in [5.41, 5.74) is 3.56. The van der Waals surface area contributed by atoms with Gasteiger partial charge in [-0.25, -0.2) is 14.3 Å². The van der Waals surface area contributed by atoms with Crippen molar-refractivity contribution < 1.29 is 14.3 Å². The molecule has 1 aromatic carbocycles. The number of carbonyl (C=O) groups is 1. The number of ether oxygens (including phenoxy) is 2. The van der Waals surface area contributed by atoms with Gasteiger partial charge in [-0.1, -0.05) is 35.9 Å². The molecule has 0 amide bonds. The zero-order valence-electron chi connectivity index (χ0n) is 15.6. The number of methoxy groups -OCH3 is 1. The number of rotatable bonds is 5. The summed E-state index contributed by atoms with van der Waals surface area (Å²) in [7, 11) is 1.64. The SMILES string of the molecule is CCOC(=O)c1cnc2c3c(c(Cl)nn12)C=CCN3Cc1ccc(OC)cc1. The Kier molecular flexibility index (Phi) is 4.92. The zero-order chi connectivity index (χ0) is 19.7. The number of anilines is 1. The number of nitrogens with zero attached hydrogens (tertiary/aromatic N) is 4. The molecular weight excluding hydrogens is 380 g/mol. The molecule has 0 radical (unpaired) electrons. The van der Waals surface area contributed by atoms with Crippen LogP contribution < -0.4 is 9.64 Å². The molecule has 1 aliphatic rings. The summed E-state index contributed by atoms with van der Waals surface area (Å²) >= 11 is 6.43. The minimum Gasteiger partial charge on any atom is -0.497 e. The maximum absolute atomic E-state index is 12.2. The van der Waals surface area contributed by atoms with E-state index in [9.17, 15) is 4.79 Å². The van der Waals surface area contributed by atoms with Crippen LogP contribution >= 0.6 is 11.6 Å². The van der Waals surface area contributed by atoms with Crippen LogP contribution in [0, 0.1) is 0 Å². The predicted octanol–water partition coefficient (Wildman–Crippen LogP) is 3.60. The summed E-state index contributed by atoms with van der Waals surface area (Å²) < 4.78 is 11.8. The number of aromatic nitrogens is 3. The van der Waals surface area contributed by atoms with E-state index in [2.05, 4.69) is 15.0 Å². The fraction of sp³-hybridized carbons (Fsp3) is 0.250. The fourth-order valence-electron chi connectivity index (χ4n) is 3.26. The summed E-state index contributed by atoms with van der Waals surface area (Å²) in [6.45, 7) is 3.37. The van der Waals surface area contributed by atoms with Gasteiger partial charge in [-0.2, -0.15) is 5.10 Å². The second kappa shape index (κ2) is 7.52. The Morgan fingerprint density at radius 3 is 2.79 bits per heavy atom. The Balaban J connectivity index is 1.78. The topological polar surface area (TPSA) is 69.0 Å². The normalized spacial score (nSPS) is 12.9. The molecule has 8 heteroatoms. The highest BCUT2D eigenvalue weighted by Crippen LogP contribution is 2.35. The molecule has 3 heterocycles. The van der Waals surface area contributed by atoms with Crippen LogP contribution in [0.3, 0.4) is 0 Å². The van der Waals surface area contributed by atoms with Gasteiger partial charge in [0.2, 0.25) is 0 Å². The Morgan fingerprint density at radius 2 is 2.07 bits per heavy atom. The van der Waals surface area contributed by atoms with E-state index in [1.165, 1.54) is 10.7 Å². The minimum atomic E-state index is -0.480. The van der Waals surface area contributed by atoms with Crippen LogP contribution in [-0.2, 0) is 11.3 Å². The van der Waals surface area contributed by atoms with Crippen LogP contribution in [-0.4, -0.2) is 40.8 Å². The summed E-state index contributed by atoms with van der Waals surface area (Å²) in [5, 5.41) is 4.65. The van der Waals surface area contributed by atoms with Gasteiger partial charge < -0.3 is 14.4 Å². The van der Waals surface area contributed by atoms with Crippen molar-refractivity contribution in [3.63, 3.8) is 0 Å². The molecule has 0 saturated heterocycles. The molecule has 0 saturated carbocycles. The lowest BCUT2D eigenvalue weighted by Gasteiger charge is -2.28. The van der Waals surface area contributed by atoms with Crippen molar-refractivity contribution >= 4 is 35.0 Å². The van der Waals surface area contributed by atoms with Crippen molar-refractivity contribution in [3.8, 4) is 5.75 Å². The average Bonchev–Trinajstić information content (AvgIpc) is 3.13. The van der Waals surface area contributed by atoms with Crippen molar-refractivity contribution in [2.24, 2.45) is 0 Å². The summed E-state index contributed by atoms with van der Waals surface area (Å²) in [4.78, 5) is 18.8. The first-order valence-electron chi connectivity index (χ1n) is 8.91. The van der Waals surface area contributed by atoms with Crippen LogP contribution in [0.25, 0.3) is 11.7 Å². The molecule has 0 bridgehead atoms. The van der Waals surface area contributed by atoms with E-state index in [-0.39, 0.29) is 12.3 Å². The van der Waals surface area contributed by atoms with Crippen LogP contribution in [0.2, 0.25) is 5.15 Å². The van der Waals surface area contributed by atoms with E-state index in [1.807, 2.05) is 36.4 Å². The number of halogens is 1. The Hall–Kier alpha value is -3.06. The molecule has 28 heavy (non-hydrogen) atoms. The average molecular weight is 399 g/mol. The molecule has 4 rings (SSSR count). The highest BCUT2D eigenvalue weighted by Gasteiger charge is 2.25. The van der Waals surface area contributed by atoms with Crippen LogP contribution in [0.1, 0.15) is 28.5 Å². The van der Waals surface area contributed by atoms with Gasteiger partial charge in [-0.15, -0.1) is 0 Å². The van der Waals surface area contributed by atoms with E-state index in [1.54, 1.807) is 14.0 Å². The van der Waals surface area contributed by atoms with E-state index < -0.39 is 5.97 Å². The van der Waals surface area contributed by atoms with Crippen LogP contribution in [0.4, 0.5) is 5.69 Å². The Labute approximate surface area is 167 Å². The monoisotopic (exact) mass is 398 g/mol. The summed E-state index contributed by atoms with van der Waals surface area (Å²) in [5.74, 6) is 0.330. The second-order valence-electron chi connectivity index (χ2n) is 6.28. The molecule has 0 unspecified atom stereocenters. The van der Waals surface area contributed by atoms with E-state index >= 15 is 0 Å². The van der Waals surface area contributed by atoms with Crippen molar-refractivity contribution in [1.29, 1.82) is 0 Å². The van der Waals surface area contributed by atoms with Gasteiger partial charge in [0.25, 0.3) is 0 Å². The summed E-state index contributed by atoms with van der Waals surface area (Å²) in [6, 6.07) is 7.90. The van der Waals surface area contributed by atoms with E-state index in [0.29, 0.717) is 23.9 Å². The van der Waals surface area contributed by atoms with Gasteiger partial charge in [-0.05, 0) is 24.6 Å². The van der Waals surface area contributed by atoms with Crippen molar-refractivity contribution in [2.45, 2.75) is 13.5 Å². The van der Waals surface area contributed by atoms with Crippen LogP contribution in [0.15, 0.2) is 36.5 Å². The highest BCUT2D eigenvalue weighted by molar-refractivity contribution is 6.31. The zero-order valence-corrected chi connectivity index (χ0v) is 16.3. The second-order valence-corrected chi connectivity index (χ2v) is 6.64. The number of hydrogen-bond acceptors (Lipinski definition) is 6. The first kappa shape index (κ1) is 18.3. The van der Waals surface area contributed by atoms with Gasteiger partial charge in [0.15, 0.2) is 16.5 Å². The Bertz CT molecular complexity index is 1060.